The molecule has 0 aliphatic carbocycles. The van der Waals surface area contributed by atoms with Crippen LogP contribution in [0.15, 0.2) is 52.3 Å². The molecule has 0 aromatic heterocycles. The van der Waals surface area contributed by atoms with E-state index in [1.54, 1.807) is 18.7 Å². The first-order valence-corrected chi connectivity index (χ1v) is 8.39. The second kappa shape index (κ2) is 7.88. The molecular formula is C18H21N3O2S. The van der Waals surface area contributed by atoms with Crippen molar-refractivity contribution in [1.82, 2.24) is 5.32 Å². The molecule has 0 aliphatic rings. The van der Waals surface area contributed by atoms with Gasteiger partial charge in [-0.3, -0.25) is 4.79 Å². The number of anilines is 1. The van der Waals surface area contributed by atoms with Gasteiger partial charge in [-0.15, -0.1) is 0 Å². The molecule has 0 aliphatic heterocycles. The van der Waals surface area contributed by atoms with Gasteiger partial charge in [-0.2, -0.15) is 0 Å². The molecule has 2 aromatic rings. The molecule has 126 valence electrons. The fourth-order valence-electron chi connectivity index (χ4n) is 2.08. The second-order valence-electron chi connectivity index (χ2n) is 5.61. The maximum Gasteiger partial charge on any atom is 0.312 e. The molecule has 0 heterocycles. The molecule has 0 fully saturated rings. The van der Waals surface area contributed by atoms with E-state index in [2.05, 4.69) is 42.7 Å². The number of hydrogen-bond acceptors (Lipinski definition) is 3. The zero-order valence-corrected chi connectivity index (χ0v) is 14.7. The summed E-state index contributed by atoms with van der Waals surface area (Å²) in [5, 5.41) is 5.08. The first-order chi connectivity index (χ1) is 11.3. The predicted molar refractivity (Wildman–Crippen MR) is 97.3 cm³/mol. The Kier molecular flexibility index (Phi) is 5.87. The summed E-state index contributed by atoms with van der Waals surface area (Å²) in [4.78, 5) is 25.0. The molecule has 24 heavy (non-hydrogen) atoms. The van der Waals surface area contributed by atoms with Gasteiger partial charge in [-0.1, -0.05) is 23.9 Å². The van der Waals surface area contributed by atoms with Crippen molar-refractivity contribution in [2.24, 2.45) is 5.73 Å². The molecule has 0 radical (unpaired) electrons. The van der Waals surface area contributed by atoms with E-state index in [1.807, 2.05) is 24.3 Å². The number of urea groups is 1. The monoisotopic (exact) mass is 343 g/mol. The Morgan fingerprint density at radius 2 is 1.75 bits per heavy atom. The number of carbonyl (C=O) groups is 2. The van der Waals surface area contributed by atoms with Gasteiger partial charge in [0.2, 0.25) is 5.91 Å². The Bertz CT molecular complexity index is 744. The Labute approximate surface area is 146 Å². The van der Waals surface area contributed by atoms with Crippen molar-refractivity contribution in [3.63, 3.8) is 0 Å². The Balaban J connectivity index is 2.01. The summed E-state index contributed by atoms with van der Waals surface area (Å²) < 4.78 is 0. The average Bonchev–Trinajstić information content (AvgIpc) is 2.52. The molecule has 2 rings (SSSR count). The van der Waals surface area contributed by atoms with E-state index in [-0.39, 0.29) is 5.91 Å². The van der Waals surface area contributed by atoms with Crippen LogP contribution in [0.1, 0.15) is 18.1 Å². The van der Waals surface area contributed by atoms with Crippen molar-refractivity contribution >= 4 is 29.4 Å². The number of nitrogens with two attached hydrogens (primary N) is 1. The van der Waals surface area contributed by atoms with Crippen molar-refractivity contribution in [3.8, 4) is 0 Å². The summed E-state index contributed by atoms with van der Waals surface area (Å²) in [6, 6.07) is 12.5. The highest BCUT2D eigenvalue weighted by Gasteiger charge is 2.14. The largest absolute Gasteiger partial charge is 0.352 e. The van der Waals surface area contributed by atoms with Crippen molar-refractivity contribution < 1.29 is 9.59 Å². The van der Waals surface area contributed by atoms with Crippen molar-refractivity contribution in [2.75, 3.05) is 5.32 Å². The van der Waals surface area contributed by atoms with Crippen LogP contribution in [0.3, 0.4) is 0 Å². The molecule has 0 saturated carbocycles. The first-order valence-electron chi connectivity index (χ1n) is 7.57. The lowest BCUT2D eigenvalue weighted by molar-refractivity contribution is -0.117. The first kappa shape index (κ1) is 17.9. The molecule has 2 aromatic carbocycles. The van der Waals surface area contributed by atoms with Crippen molar-refractivity contribution in [2.45, 2.75) is 36.6 Å². The minimum Gasteiger partial charge on any atom is -0.352 e. The highest BCUT2D eigenvalue weighted by molar-refractivity contribution is 7.99. The molecule has 1 atom stereocenters. The second-order valence-corrected chi connectivity index (χ2v) is 6.73. The molecule has 4 N–H and O–H groups in total. The fourth-order valence-corrected chi connectivity index (χ4v) is 3.08. The zero-order chi connectivity index (χ0) is 17.7. The van der Waals surface area contributed by atoms with Crippen LogP contribution < -0.4 is 16.4 Å². The highest BCUT2D eigenvalue weighted by atomic mass is 32.2. The van der Waals surface area contributed by atoms with Crippen molar-refractivity contribution in [1.29, 1.82) is 0 Å². The maximum absolute atomic E-state index is 11.9. The summed E-state index contributed by atoms with van der Waals surface area (Å²) in [5.74, 6) is -0.316. The summed E-state index contributed by atoms with van der Waals surface area (Å²) in [6.45, 7) is 5.73. The minimum absolute atomic E-state index is 0.316. The van der Waals surface area contributed by atoms with Crippen LogP contribution in [0, 0.1) is 13.8 Å². The maximum atomic E-state index is 11.9. The van der Waals surface area contributed by atoms with Gasteiger partial charge >= 0.3 is 6.03 Å². The van der Waals surface area contributed by atoms with E-state index in [9.17, 15) is 9.59 Å². The van der Waals surface area contributed by atoms with Crippen LogP contribution in [-0.4, -0.2) is 18.0 Å². The number of aryl methyl sites for hydroxylation is 2. The summed E-state index contributed by atoms with van der Waals surface area (Å²) in [6.07, 6.45) is 0. The number of nitrogens with one attached hydrogen (secondary N) is 2. The van der Waals surface area contributed by atoms with Crippen LogP contribution in [0.5, 0.6) is 0 Å². The van der Waals surface area contributed by atoms with Gasteiger partial charge in [0.15, 0.2) is 0 Å². The van der Waals surface area contributed by atoms with Crippen molar-refractivity contribution in [3.05, 3.63) is 53.6 Å². The van der Waals surface area contributed by atoms with Crippen LogP contribution in [-0.2, 0) is 4.79 Å². The van der Waals surface area contributed by atoms with Crippen LogP contribution in [0.2, 0.25) is 0 Å². The topological polar surface area (TPSA) is 84.2 Å². The average molecular weight is 343 g/mol. The fraction of sp³-hybridized carbons (Fsp3) is 0.222. The summed E-state index contributed by atoms with van der Waals surface area (Å²) >= 11 is 1.68. The van der Waals surface area contributed by atoms with E-state index in [0.717, 1.165) is 4.90 Å². The van der Waals surface area contributed by atoms with E-state index < -0.39 is 12.1 Å². The number of primary amides is 1. The van der Waals surface area contributed by atoms with E-state index in [0.29, 0.717) is 5.69 Å². The lowest BCUT2D eigenvalue weighted by atomic mass is 10.2. The van der Waals surface area contributed by atoms with E-state index in [1.165, 1.54) is 16.0 Å². The minimum atomic E-state index is -0.724. The number of rotatable bonds is 5. The number of benzene rings is 2. The summed E-state index contributed by atoms with van der Waals surface area (Å²) in [7, 11) is 0. The number of amides is 3. The smallest absolute Gasteiger partial charge is 0.312 e. The molecule has 0 saturated heterocycles. The quantitative estimate of drug-likeness (QED) is 0.777. The van der Waals surface area contributed by atoms with Crippen LogP contribution in [0.25, 0.3) is 0 Å². The normalized spacial score (nSPS) is 11.6. The van der Waals surface area contributed by atoms with Gasteiger partial charge in [0.1, 0.15) is 6.04 Å². The molecule has 0 unspecified atom stereocenters. The number of carbonyl (C=O) groups excluding carboxylic acids is 2. The van der Waals surface area contributed by atoms with E-state index in [4.69, 9.17) is 5.73 Å². The molecule has 6 heteroatoms. The van der Waals surface area contributed by atoms with Gasteiger partial charge in [0.25, 0.3) is 0 Å². The Morgan fingerprint density at radius 3 is 2.38 bits per heavy atom. The Morgan fingerprint density at radius 1 is 1.08 bits per heavy atom. The summed E-state index contributed by atoms with van der Waals surface area (Å²) in [5.41, 5.74) is 8.13. The lowest BCUT2D eigenvalue weighted by Crippen LogP contribution is -2.44. The molecule has 0 bridgehead atoms. The standard InChI is InChI=1S/C18H21N3O2S/c1-11-4-5-12(2)16(10-11)24-15-8-6-14(7-9-15)21-17(22)13(3)20-18(19)23/h4-10,13H,1-3H3,(H,21,22)(H3,19,20,23)/t13-/m1/s1. The van der Waals surface area contributed by atoms with Gasteiger partial charge in [0, 0.05) is 15.5 Å². The molecular weight excluding hydrogens is 322 g/mol. The molecule has 5 nitrogen and oxygen atoms in total. The Hall–Kier alpha value is -2.47. The van der Waals surface area contributed by atoms with Crippen LogP contribution >= 0.6 is 11.8 Å². The van der Waals surface area contributed by atoms with Gasteiger partial charge in [-0.05, 0) is 62.2 Å². The predicted octanol–water partition coefficient (Wildman–Crippen LogP) is 3.45. The lowest BCUT2D eigenvalue weighted by Gasteiger charge is -2.13. The SMILES string of the molecule is Cc1ccc(C)c(Sc2ccc(NC(=O)[C@@H](C)NC(N)=O)cc2)c1. The van der Waals surface area contributed by atoms with Gasteiger partial charge in [0.05, 0.1) is 0 Å². The third-order valence-corrected chi connectivity index (χ3v) is 4.61. The van der Waals surface area contributed by atoms with E-state index >= 15 is 0 Å². The zero-order valence-electron chi connectivity index (χ0n) is 13.9. The third-order valence-electron chi connectivity index (χ3n) is 3.45. The molecule has 0 spiro atoms. The third kappa shape index (κ3) is 5.03. The molecule has 3 amide bonds. The highest BCUT2D eigenvalue weighted by Crippen LogP contribution is 2.31. The van der Waals surface area contributed by atoms with Crippen LogP contribution in [0.4, 0.5) is 10.5 Å². The van der Waals surface area contributed by atoms with Gasteiger partial charge in [-0.25, -0.2) is 4.79 Å². The number of hydrogen-bond donors (Lipinski definition) is 3. The van der Waals surface area contributed by atoms with Gasteiger partial charge < -0.3 is 16.4 Å².